The van der Waals surface area contributed by atoms with Crippen molar-refractivity contribution in [2.24, 2.45) is 0 Å². The minimum Gasteiger partial charge on any atom is -0.493 e. The molecule has 6 nitrogen and oxygen atoms in total. The van der Waals surface area contributed by atoms with Crippen molar-refractivity contribution < 1.29 is 37.0 Å². The molecule has 0 heterocycles. The Morgan fingerprint density at radius 2 is 1.67 bits per heavy atom. The van der Waals surface area contributed by atoms with Crippen LogP contribution in [0.2, 0.25) is 0 Å². The predicted octanol–water partition coefficient (Wildman–Crippen LogP) is 8.53. The van der Waals surface area contributed by atoms with Crippen LogP contribution in [0.4, 0.5) is 23.7 Å². The molecule has 1 amide bonds. The first-order chi connectivity index (χ1) is 21.6. The van der Waals surface area contributed by atoms with Crippen LogP contribution < -0.4 is 14.8 Å². The summed E-state index contributed by atoms with van der Waals surface area (Å²) in [5.74, 6) is -1.37. The van der Waals surface area contributed by atoms with Gasteiger partial charge < -0.3 is 14.2 Å². The summed E-state index contributed by atoms with van der Waals surface area (Å²) in [5, 5.41) is 2.62. The SMILES string of the molecule is CCOC(=O)Nc1ccc(C(=O)C2C=C(c3ccc(OC)c(OC(F)(F)F)c3)Cc3c2ccc2c3CCc3ccccc3-2)cc1. The summed E-state index contributed by atoms with van der Waals surface area (Å²) in [6.45, 7) is 1.93. The number of anilines is 1. The number of aryl methyl sites for hydroxylation is 1. The number of alkyl halides is 3. The van der Waals surface area contributed by atoms with Gasteiger partial charge in [-0.25, -0.2) is 4.79 Å². The summed E-state index contributed by atoms with van der Waals surface area (Å²) >= 11 is 0. The Morgan fingerprint density at radius 1 is 0.889 bits per heavy atom. The van der Waals surface area contributed by atoms with E-state index in [-0.39, 0.29) is 18.1 Å². The number of carbonyl (C=O) groups excluding carboxylic acids is 2. The lowest BCUT2D eigenvalue weighted by Crippen LogP contribution is -2.20. The summed E-state index contributed by atoms with van der Waals surface area (Å²) < 4.78 is 54.1. The van der Waals surface area contributed by atoms with E-state index in [9.17, 15) is 22.8 Å². The molecule has 0 spiro atoms. The Labute approximate surface area is 258 Å². The first kappa shape index (κ1) is 30.0. The van der Waals surface area contributed by atoms with Crippen LogP contribution in [0.1, 0.15) is 51.0 Å². The zero-order valence-corrected chi connectivity index (χ0v) is 24.7. The van der Waals surface area contributed by atoms with Crippen LogP contribution in [-0.4, -0.2) is 32.0 Å². The fourth-order valence-corrected chi connectivity index (χ4v) is 6.23. The number of benzene rings is 4. The normalized spacial score (nSPS) is 15.1. The number of methoxy groups -OCH3 is 1. The molecule has 0 radical (unpaired) electrons. The lowest BCUT2D eigenvalue weighted by molar-refractivity contribution is -0.275. The number of Topliss-reactive ketones (excluding diaryl/α,β-unsaturated/α-hetero) is 1. The zero-order chi connectivity index (χ0) is 31.7. The van der Waals surface area contributed by atoms with E-state index in [4.69, 9.17) is 9.47 Å². The third kappa shape index (κ3) is 6.16. The van der Waals surface area contributed by atoms with E-state index in [2.05, 4.69) is 28.3 Å². The number of allylic oxidation sites excluding steroid dienone is 2. The van der Waals surface area contributed by atoms with Crippen LogP contribution >= 0.6 is 0 Å². The number of amides is 1. The first-order valence-corrected chi connectivity index (χ1v) is 14.6. The molecule has 1 unspecified atom stereocenters. The van der Waals surface area contributed by atoms with E-state index in [1.807, 2.05) is 24.3 Å². The molecule has 230 valence electrons. The van der Waals surface area contributed by atoms with Crippen molar-refractivity contribution in [3.8, 4) is 22.6 Å². The standard InChI is InChI=1S/C36H30F3NO5/c1-3-44-35(42)40-25-12-8-22(9-13-25)34(41)31-19-24(23-11-17-32(43-2)33(20-23)45-36(37,38)39)18-30-28-14-10-21-6-4-5-7-26(21)27(28)15-16-29(30)31/h4-9,11-13,15-17,19-20,31H,3,10,14,18H2,1-2H3,(H,40,42). The number of ether oxygens (including phenoxy) is 3. The molecule has 1 atom stereocenters. The van der Waals surface area contributed by atoms with Gasteiger partial charge in [0, 0.05) is 11.3 Å². The second kappa shape index (κ2) is 12.1. The number of hydrogen-bond donors (Lipinski definition) is 1. The zero-order valence-electron chi connectivity index (χ0n) is 24.7. The van der Waals surface area contributed by atoms with Gasteiger partial charge in [-0.2, -0.15) is 0 Å². The van der Waals surface area contributed by atoms with Gasteiger partial charge in [-0.1, -0.05) is 48.5 Å². The third-order valence-electron chi connectivity index (χ3n) is 8.22. The van der Waals surface area contributed by atoms with Crippen LogP contribution in [0.5, 0.6) is 11.5 Å². The lowest BCUT2D eigenvalue weighted by atomic mass is 9.73. The highest BCUT2D eigenvalue weighted by Gasteiger charge is 2.34. The van der Waals surface area contributed by atoms with Crippen LogP contribution in [-0.2, 0) is 24.0 Å². The minimum absolute atomic E-state index is 0.0500. The summed E-state index contributed by atoms with van der Waals surface area (Å²) in [4.78, 5) is 26.0. The quantitative estimate of drug-likeness (QED) is 0.212. The van der Waals surface area contributed by atoms with Gasteiger partial charge in [0.2, 0.25) is 0 Å². The number of carbonyl (C=O) groups is 2. The fourth-order valence-electron chi connectivity index (χ4n) is 6.23. The summed E-state index contributed by atoms with van der Waals surface area (Å²) in [6.07, 6.45) is -1.60. The van der Waals surface area contributed by atoms with Gasteiger partial charge in [0.25, 0.3) is 0 Å². The number of fused-ring (bicyclic) bond motifs is 5. The molecule has 0 bridgehead atoms. The lowest BCUT2D eigenvalue weighted by Gasteiger charge is -2.30. The van der Waals surface area contributed by atoms with Gasteiger partial charge in [-0.15, -0.1) is 13.2 Å². The van der Waals surface area contributed by atoms with E-state index in [0.29, 0.717) is 28.8 Å². The van der Waals surface area contributed by atoms with Crippen molar-refractivity contribution in [3.63, 3.8) is 0 Å². The number of nitrogens with one attached hydrogen (secondary N) is 1. The molecule has 45 heavy (non-hydrogen) atoms. The summed E-state index contributed by atoms with van der Waals surface area (Å²) in [7, 11) is 1.28. The monoisotopic (exact) mass is 613 g/mol. The van der Waals surface area contributed by atoms with Gasteiger partial charge in [0.1, 0.15) is 0 Å². The van der Waals surface area contributed by atoms with Crippen molar-refractivity contribution in [1.29, 1.82) is 0 Å². The highest BCUT2D eigenvalue weighted by atomic mass is 19.4. The molecule has 2 aliphatic carbocycles. The maximum Gasteiger partial charge on any atom is 0.573 e. The average molecular weight is 614 g/mol. The molecule has 2 aliphatic rings. The molecular weight excluding hydrogens is 583 g/mol. The second-order valence-corrected chi connectivity index (χ2v) is 10.9. The molecule has 0 aliphatic heterocycles. The van der Waals surface area contributed by atoms with Crippen molar-refractivity contribution in [1.82, 2.24) is 0 Å². The van der Waals surface area contributed by atoms with Gasteiger partial charge in [0.05, 0.1) is 19.6 Å². The molecule has 0 saturated heterocycles. The van der Waals surface area contributed by atoms with Crippen molar-refractivity contribution >= 4 is 23.1 Å². The van der Waals surface area contributed by atoms with E-state index >= 15 is 0 Å². The van der Waals surface area contributed by atoms with E-state index < -0.39 is 24.1 Å². The fraction of sp³-hybridized carbons (Fsp3) is 0.222. The van der Waals surface area contributed by atoms with Crippen LogP contribution in [0, 0.1) is 0 Å². The molecule has 0 saturated carbocycles. The molecule has 1 N–H and O–H groups in total. The maximum atomic E-state index is 14.1. The van der Waals surface area contributed by atoms with Gasteiger partial charge in [-0.3, -0.25) is 10.1 Å². The van der Waals surface area contributed by atoms with Crippen LogP contribution in [0.25, 0.3) is 16.7 Å². The molecule has 4 aromatic rings. The summed E-state index contributed by atoms with van der Waals surface area (Å²) in [5.41, 5.74) is 8.65. The second-order valence-electron chi connectivity index (χ2n) is 10.9. The van der Waals surface area contributed by atoms with Crippen LogP contribution in [0.3, 0.4) is 0 Å². The van der Waals surface area contributed by atoms with Crippen LogP contribution in [0.15, 0.2) is 84.9 Å². The van der Waals surface area contributed by atoms with Crippen molar-refractivity contribution in [3.05, 3.63) is 118 Å². The topological polar surface area (TPSA) is 73.9 Å². The maximum absolute atomic E-state index is 14.1. The molecule has 0 aromatic heterocycles. The summed E-state index contributed by atoms with van der Waals surface area (Å²) in [6, 6.07) is 23.3. The van der Waals surface area contributed by atoms with E-state index in [1.165, 1.54) is 24.8 Å². The molecular formula is C36H30F3NO5. The Hall–Kier alpha value is -5.05. The average Bonchev–Trinajstić information content (AvgIpc) is 3.03. The smallest absolute Gasteiger partial charge is 0.493 e. The molecule has 6 rings (SSSR count). The Balaban J connectivity index is 1.43. The number of halogens is 3. The Morgan fingerprint density at radius 3 is 2.40 bits per heavy atom. The third-order valence-corrected chi connectivity index (χ3v) is 8.22. The number of hydrogen-bond acceptors (Lipinski definition) is 5. The van der Waals surface area contributed by atoms with Gasteiger partial charge >= 0.3 is 12.5 Å². The van der Waals surface area contributed by atoms with Crippen molar-refractivity contribution in [2.45, 2.75) is 38.5 Å². The predicted molar refractivity (Wildman–Crippen MR) is 165 cm³/mol. The van der Waals surface area contributed by atoms with Gasteiger partial charge in [0.15, 0.2) is 17.3 Å². The highest BCUT2D eigenvalue weighted by Crippen LogP contribution is 2.45. The van der Waals surface area contributed by atoms with E-state index in [0.717, 1.165) is 40.7 Å². The van der Waals surface area contributed by atoms with E-state index in [1.54, 1.807) is 37.3 Å². The number of rotatable bonds is 7. The minimum atomic E-state index is -4.90. The largest absolute Gasteiger partial charge is 0.573 e. The molecule has 4 aromatic carbocycles. The number of ketones is 1. The molecule has 0 fully saturated rings. The first-order valence-electron chi connectivity index (χ1n) is 14.6. The highest BCUT2D eigenvalue weighted by molar-refractivity contribution is 6.04. The Kier molecular flexibility index (Phi) is 8.10. The van der Waals surface area contributed by atoms with Gasteiger partial charge in [-0.05, 0) is 107 Å². The Bertz CT molecular complexity index is 1810. The molecule has 9 heteroatoms. The van der Waals surface area contributed by atoms with Crippen molar-refractivity contribution in [2.75, 3.05) is 19.0 Å².